The predicted molar refractivity (Wildman–Crippen MR) is 167 cm³/mol. The Morgan fingerprint density at radius 1 is 0.952 bits per heavy atom. The van der Waals surface area contributed by atoms with Crippen molar-refractivity contribution in [1.82, 2.24) is 15.5 Å². The zero-order valence-corrected chi connectivity index (χ0v) is 25.4. The molecule has 0 radical (unpaired) electrons. The van der Waals surface area contributed by atoms with Gasteiger partial charge in [-0.25, -0.2) is 4.79 Å². The number of carbonyl (C=O) groups is 2. The first kappa shape index (κ1) is 31.1. The van der Waals surface area contributed by atoms with Crippen molar-refractivity contribution in [1.29, 1.82) is 0 Å². The van der Waals surface area contributed by atoms with E-state index >= 15 is 0 Å². The number of nitrogens with one attached hydrogen (secondary N) is 4. The molecule has 0 bridgehead atoms. The van der Waals surface area contributed by atoms with Gasteiger partial charge < -0.3 is 35.4 Å². The molecule has 4 rings (SSSR count). The average Bonchev–Trinajstić information content (AvgIpc) is 3.00. The van der Waals surface area contributed by atoms with Crippen molar-refractivity contribution in [2.45, 2.75) is 44.6 Å². The van der Waals surface area contributed by atoms with Crippen LogP contribution in [0.2, 0.25) is 0 Å². The Bertz CT molecular complexity index is 1330. The number of anilines is 2. The summed E-state index contributed by atoms with van der Waals surface area (Å²) >= 11 is 3.41. The van der Waals surface area contributed by atoms with Gasteiger partial charge in [0.05, 0.1) is 20.3 Å². The van der Waals surface area contributed by atoms with Gasteiger partial charge in [-0.2, -0.15) is 0 Å². The third-order valence-corrected chi connectivity index (χ3v) is 7.60. The number of methoxy groups -OCH3 is 2. The van der Waals surface area contributed by atoms with Crippen molar-refractivity contribution in [3.05, 3.63) is 82.3 Å². The maximum absolute atomic E-state index is 13.8. The third kappa shape index (κ3) is 8.85. The van der Waals surface area contributed by atoms with Crippen molar-refractivity contribution >= 4 is 39.2 Å². The number of fused-ring (bicyclic) bond motifs is 1. The van der Waals surface area contributed by atoms with Crippen LogP contribution < -0.4 is 30.7 Å². The Balaban J connectivity index is 1.36. The molecule has 224 valence electrons. The van der Waals surface area contributed by atoms with Crippen molar-refractivity contribution in [2.75, 3.05) is 37.9 Å². The standard InChI is InChI=1S/C31H38BrN5O5/c1-41-27-18-21-15-17-37(20-22(21)19-28(27)42-2)29(38)26(36-31(40)35-25-13-11-23(32)12-14-25)10-6-7-16-33-30(39)34-24-8-4-3-5-9-24/h3-5,8-9,11-14,18-19,26,31,35-36,40H,6-7,10,15-17,20H2,1-2H3,(H2,33,34,39). The highest BCUT2D eigenvalue weighted by atomic mass is 79.9. The number of aliphatic hydroxyl groups excluding tert-OH is 1. The monoisotopic (exact) mass is 639 g/mol. The van der Waals surface area contributed by atoms with Gasteiger partial charge in [0.2, 0.25) is 5.91 Å². The van der Waals surface area contributed by atoms with Gasteiger partial charge in [0.1, 0.15) is 0 Å². The summed E-state index contributed by atoms with van der Waals surface area (Å²) in [4.78, 5) is 27.8. The molecule has 3 aromatic rings. The fourth-order valence-corrected chi connectivity index (χ4v) is 5.14. The van der Waals surface area contributed by atoms with Crippen LogP contribution in [-0.4, -0.2) is 61.6 Å². The molecule has 0 spiro atoms. The number of unbranched alkanes of at least 4 members (excludes halogenated alkanes) is 1. The van der Waals surface area contributed by atoms with E-state index in [0.717, 1.165) is 21.3 Å². The zero-order valence-electron chi connectivity index (χ0n) is 23.9. The maximum Gasteiger partial charge on any atom is 0.319 e. The van der Waals surface area contributed by atoms with E-state index in [4.69, 9.17) is 9.47 Å². The fourth-order valence-electron chi connectivity index (χ4n) is 4.88. The molecule has 1 heterocycles. The first-order chi connectivity index (χ1) is 20.4. The van der Waals surface area contributed by atoms with E-state index in [0.29, 0.717) is 62.5 Å². The number of hydrogen-bond acceptors (Lipinski definition) is 7. The predicted octanol–water partition coefficient (Wildman–Crippen LogP) is 4.69. The third-order valence-electron chi connectivity index (χ3n) is 7.07. The van der Waals surface area contributed by atoms with Crippen LogP contribution in [0.15, 0.2) is 71.2 Å². The minimum absolute atomic E-state index is 0.0955. The van der Waals surface area contributed by atoms with E-state index < -0.39 is 12.4 Å². The van der Waals surface area contributed by atoms with E-state index in [1.54, 1.807) is 14.2 Å². The normalized spacial score (nSPS) is 13.9. The summed E-state index contributed by atoms with van der Waals surface area (Å²) in [5, 5.41) is 22.5. The van der Waals surface area contributed by atoms with E-state index in [1.807, 2.05) is 71.6 Å². The highest BCUT2D eigenvalue weighted by Gasteiger charge is 2.29. The molecular formula is C31H38BrN5O5. The van der Waals surface area contributed by atoms with Gasteiger partial charge in [-0.15, -0.1) is 0 Å². The highest BCUT2D eigenvalue weighted by Crippen LogP contribution is 2.33. The molecule has 0 fully saturated rings. The van der Waals surface area contributed by atoms with Crippen LogP contribution in [-0.2, 0) is 17.8 Å². The van der Waals surface area contributed by atoms with Crippen molar-refractivity contribution in [2.24, 2.45) is 0 Å². The van der Waals surface area contributed by atoms with Crippen molar-refractivity contribution < 1.29 is 24.2 Å². The van der Waals surface area contributed by atoms with Crippen LogP contribution >= 0.6 is 15.9 Å². The number of urea groups is 1. The van der Waals surface area contributed by atoms with Gasteiger partial charge in [0.25, 0.3) is 0 Å². The van der Waals surface area contributed by atoms with Crippen LogP contribution in [0.4, 0.5) is 16.2 Å². The summed E-state index contributed by atoms with van der Waals surface area (Å²) in [5.74, 6) is 1.20. The quantitative estimate of drug-likeness (QED) is 0.136. The Hall–Kier alpha value is -3.80. The average molecular weight is 641 g/mol. The van der Waals surface area contributed by atoms with E-state index in [2.05, 4.69) is 37.2 Å². The number of ether oxygens (including phenoxy) is 2. The number of carbonyl (C=O) groups excluding carboxylic acids is 2. The highest BCUT2D eigenvalue weighted by molar-refractivity contribution is 9.10. The molecule has 11 heteroatoms. The number of amides is 3. The molecule has 2 unspecified atom stereocenters. The molecule has 0 aromatic heterocycles. The molecule has 42 heavy (non-hydrogen) atoms. The lowest BCUT2D eigenvalue weighted by molar-refractivity contribution is -0.135. The summed E-state index contributed by atoms with van der Waals surface area (Å²) in [5.41, 5.74) is 3.56. The summed E-state index contributed by atoms with van der Waals surface area (Å²) in [6, 6.07) is 19.6. The zero-order chi connectivity index (χ0) is 29.9. The second-order valence-electron chi connectivity index (χ2n) is 10.0. The molecule has 0 aliphatic carbocycles. The molecule has 1 aliphatic rings. The van der Waals surface area contributed by atoms with Crippen molar-refractivity contribution in [3.63, 3.8) is 0 Å². The molecule has 10 nitrogen and oxygen atoms in total. The minimum Gasteiger partial charge on any atom is -0.493 e. The second kappa shape index (κ2) is 15.4. The summed E-state index contributed by atoms with van der Waals surface area (Å²) in [6.07, 6.45) is 1.36. The van der Waals surface area contributed by atoms with Gasteiger partial charge in [0, 0.05) is 35.5 Å². The minimum atomic E-state index is -1.14. The number of halogens is 1. The van der Waals surface area contributed by atoms with Gasteiger partial charge in [-0.1, -0.05) is 34.1 Å². The van der Waals surface area contributed by atoms with Gasteiger partial charge in [0.15, 0.2) is 17.9 Å². The number of benzene rings is 3. The van der Waals surface area contributed by atoms with Gasteiger partial charge >= 0.3 is 6.03 Å². The molecular weight excluding hydrogens is 602 g/mol. The SMILES string of the molecule is COc1cc2c(cc1OC)CN(C(=O)C(CCCCNC(=O)Nc1ccccc1)NC(O)Nc1ccc(Br)cc1)CC2. The summed E-state index contributed by atoms with van der Waals surface area (Å²) in [6.45, 7) is 1.44. The first-order valence-electron chi connectivity index (χ1n) is 13.9. The molecule has 1 aliphatic heterocycles. The molecule has 0 saturated carbocycles. The molecule has 5 N–H and O–H groups in total. The Kier molecular flexibility index (Phi) is 11.4. The Morgan fingerprint density at radius 2 is 1.64 bits per heavy atom. The molecule has 3 amide bonds. The maximum atomic E-state index is 13.8. The molecule has 0 saturated heterocycles. The molecule has 2 atom stereocenters. The number of para-hydroxylation sites is 1. The Labute approximate surface area is 254 Å². The number of rotatable bonds is 13. The van der Waals surface area contributed by atoms with Crippen LogP contribution in [0.3, 0.4) is 0 Å². The lowest BCUT2D eigenvalue weighted by Gasteiger charge is -2.33. The van der Waals surface area contributed by atoms with Crippen molar-refractivity contribution in [3.8, 4) is 11.5 Å². The first-order valence-corrected chi connectivity index (χ1v) is 14.7. The summed E-state index contributed by atoms with van der Waals surface area (Å²) < 4.78 is 11.8. The number of nitrogens with zero attached hydrogens (tertiary/aromatic N) is 1. The Morgan fingerprint density at radius 3 is 2.33 bits per heavy atom. The largest absolute Gasteiger partial charge is 0.493 e. The number of aliphatic hydroxyl groups is 1. The van der Waals surface area contributed by atoms with Crippen LogP contribution in [0.25, 0.3) is 0 Å². The summed E-state index contributed by atoms with van der Waals surface area (Å²) in [7, 11) is 3.20. The van der Waals surface area contributed by atoms with Gasteiger partial charge in [-0.3, -0.25) is 10.1 Å². The van der Waals surface area contributed by atoms with Crippen LogP contribution in [0, 0.1) is 0 Å². The lowest BCUT2D eigenvalue weighted by Crippen LogP contribution is -2.52. The van der Waals surface area contributed by atoms with Crippen LogP contribution in [0.1, 0.15) is 30.4 Å². The number of hydrogen-bond donors (Lipinski definition) is 5. The van der Waals surface area contributed by atoms with E-state index in [-0.39, 0.29) is 11.9 Å². The topological polar surface area (TPSA) is 124 Å². The fraction of sp³-hybridized carbons (Fsp3) is 0.355. The molecule has 3 aromatic carbocycles. The van der Waals surface area contributed by atoms with E-state index in [1.165, 1.54) is 0 Å². The smallest absolute Gasteiger partial charge is 0.319 e. The van der Waals surface area contributed by atoms with Gasteiger partial charge in [-0.05, 0) is 85.3 Å². The lowest BCUT2D eigenvalue weighted by atomic mass is 9.97. The van der Waals surface area contributed by atoms with Crippen LogP contribution in [0.5, 0.6) is 11.5 Å². The van der Waals surface area contributed by atoms with E-state index in [9.17, 15) is 14.7 Å². The second-order valence-corrected chi connectivity index (χ2v) is 10.9.